The first-order chi connectivity index (χ1) is 7.34. The Labute approximate surface area is 89.1 Å². The topological polar surface area (TPSA) is 67.6 Å². The number of furan rings is 1. The van der Waals surface area contributed by atoms with Gasteiger partial charge in [0.15, 0.2) is 22.4 Å². The van der Waals surface area contributed by atoms with Crippen molar-refractivity contribution in [3.63, 3.8) is 0 Å². The molecular formula is C9H5ClN4O. The van der Waals surface area contributed by atoms with E-state index in [1.165, 1.54) is 6.33 Å². The Morgan fingerprint density at radius 3 is 3.07 bits per heavy atom. The van der Waals surface area contributed by atoms with E-state index in [2.05, 4.69) is 19.9 Å². The highest BCUT2D eigenvalue weighted by atomic mass is 35.5. The number of imidazole rings is 1. The zero-order valence-corrected chi connectivity index (χ0v) is 8.19. The fourth-order valence-corrected chi connectivity index (χ4v) is 1.53. The van der Waals surface area contributed by atoms with Crippen LogP contribution in [0.1, 0.15) is 0 Å². The third-order valence-electron chi connectivity index (χ3n) is 1.98. The average Bonchev–Trinajstić information content (AvgIpc) is 2.88. The number of hydrogen-bond acceptors (Lipinski definition) is 4. The summed E-state index contributed by atoms with van der Waals surface area (Å²) in [5, 5.41) is 0.337. The molecule has 74 valence electrons. The number of nitrogens with one attached hydrogen (secondary N) is 1. The fraction of sp³-hybridized carbons (Fsp3) is 0. The molecule has 0 fully saturated rings. The van der Waals surface area contributed by atoms with Crippen molar-refractivity contribution in [1.29, 1.82) is 0 Å². The van der Waals surface area contributed by atoms with Gasteiger partial charge in [-0.25, -0.2) is 15.0 Å². The lowest BCUT2D eigenvalue weighted by atomic mass is 10.4. The second kappa shape index (κ2) is 3.06. The molecular weight excluding hydrogens is 216 g/mol. The number of aromatic amines is 1. The molecule has 0 aliphatic rings. The van der Waals surface area contributed by atoms with Crippen LogP contribution in [0.5, 0.6) is 0 Å². The minimum atomic E-state index is 0.337. The molecule has 6 heteroatoms. The zero-order chi connectivity index (χ0) is 10.3. The van der Waals surface area contributed by atoms with Gasteiger partial charge in [0.1, 0.15) is 5.52 Å². The molecule has 0 unspecified atom stereocenters. The molecule has 0 atom stereocenters. The zero-order valence-electron chi connectivity index (χ0n) is 7.44. The van der Waals surface area contributed by atoms with Crippen LogP contribution >= 0.6 is 11.6 Å². The molecule has 3 rings (SSSR count). The Morgan fingerprint density at radius 1 is 1.33 bits per heavy atom. The Kier molecular flexibility index (Phi) is 1.72. The summed E-state index contributed by atoms with van der Waals surface area (Å²) in [7, 11) is 0. The molecule has 3 aromatic heterocycles. The summed E-state index contributed by atoms with van der Waals surface area (Å²) in [6.07, 6.45) is 3.08. The van der Waals surface area contributed by atoms with E-state index in [1.807, 2.05) is 0 Å². The highest BCUT2D eigenvalue weighted by Crippen LogP contribution is 2.22. The SMILES string of the molecule is Clc1nc(-c2ccco2)nc2nc[nH]c12. The molecule has 0 amide bonds. The summed E-state index contributed by atoms with van der Waals surface area (Å²) >= 11 is 5.96. The van der Waals surface area contributed by atoms with E-state index in [4.69, 9.17) is 16.0 Å². The molecule has 1 N–H and O–H groups in total. The number of rotatable bonds is 1. The van der Waals surface area contributed by atoms with Gasteiger partial charge in [-0.05, 0) is 12.1 Å². The van der Waals surface area contributed by atoms with Crippen LogP contribution in [0.4, 0.5) is 0 Å². The summed E-state index contributed by atoms with van der Waals surface area (Å²) < 4.78 is 5.18. The summed E-state index contributed by atoms with van der Waals surface area (Å²) in [4.78, 5) is 15.2. The van der Waals surface area contributed by atoms with Gasteiger partial charge < -0.3 is 9.40 Å². The number of nitrogens with zero attached hydrogens (tertiary/aromatic N) is 3. The molecule has 0 spiro atoms. The van der Waals surface area contributed by atoms with Gasteiger partial charge in [-0.3, -0.25) is 0 Å². The van der Waals surface area contributed by atoms with Crippen LogP contribution in [0, 0.1) is 0 Å². The van der Waals surface area contributed by atoms with Gasteiger partial charge in [-0.15, -0.1) is 0 Å². The molecule has 0 aromatic carbocycles. The van der Waals surface area contributed by atoms with Crippen molar-refractivity contribution in [2.24, 2.45) is 0 Å². The van der Waals surface area contributed by atoms with Gasteiger partial charge in [-0.1, -0.05) is 11.6 Å². The molecule has 15 heavy (non-hydrogen) atoms. The van der Waals surface area contributed by atoms with Crippen molar-refractivity contribution < 1.29 is 4.42 Å². The summed E-state index contributed by atoms with van der Waals surface area (Å²) in [5.74, 6) is 1.01. The third-order valence-corrected chi connectivity index (χ3v) is 2.26. The predicted octanol–water partition coefficient (Wildman–Crippen LogP) is 2.27. The molecule has 3 heterocycles. The quantitative estimate of drug-likeness (QED) is 0.639. The maximum absolute atomic E-state index is 5.96. The van der Waals surface area contributed by atoms with Crippen LogP contribution in [0.25, 0.3) is 22.7 Å². The molecule has 0 saturated carbocycles. The number of aromatic nitrogens is 4. The van der Waals surface area contributed by atoms with Crippen LogP contribution in [-0.4, -0.2) is 19.9 Å². The standard InChI is InChI=1S/C9H5ClN4O/c10-7-6-9(12-4-11-6)14-8(13-7)5-2-1-3-15-5/h1-4H,(H,11,12,13,14). The second-order valence-electron chi connectivity index (χ2n) is 2.92. The van der Waals surface area contributed by atoms with Gasteiger partial charge in [0, 0.05) is 0 Å². The smallest absolute Gasteiger partial charge is 0.199 e. The molecule has 0 saturated heterocycles. The number of fused-ring (bicyclic) bond motifs is 1. The Hall–Kier alpha value is -1.88. The van der Waals surface area contributed by atoms with E-state index in [9.17, 15) is 0 Å². The normalized spacial score (nSPS) is 11.0. The molecule has 5 nitrogen and oxygen atoms in total. The van der Waals surface area contributed by atoms with Crippen molar-refractivity contribution >= 4 is 22.8 Å². The Balaban J connectivity index is 2.29. The van der Waals surface area contributed by atoms with Crippen molar-refractivity contribution in [2.75, 3.05) is 0 Å². The second-order valence-corrected chi connectivity index (χ2v) is 3.27. The molecule has 0 aliphatic carbocycles. The molecule has 0 bridgehead atoms. The van der Waals surface area contributed by atoms with Crippen LogP contribution in [-0.2, 0) is 0 Å². The van der Waals surface area contributed by atoms with E-state index in [0.717, 1.165) is 0 Å². The van der Waals surface area contributed by atoms with E-state index in [0.29, 0.717) is 27.9 Å². The Morgan fingerprint density at radius 2 is 2.27 bits per heavy atom. The molecule has 0 aliphatic heterocycles. The van der Waals surface area contributed by atoms with Gasteiger partial charge in [0.05, 0.1) is 12.6 Å². The predicted molar refractivity (Wildman–Crippen MR) is 54.4 cm³/mol. The van der Waals surface area contributed by atoms with Crippen LogP contribution in [0.2, 0.25) is 5.15 Å². The summed E-state index contributed by atoms with van der Waals surface area (Å²) in [6, 6.07) is 3.53. The summed E-state index contributed by atoms with van der Waals surface area (Å²) in [5.41, 5.74) is 1.16. The van der Waals surface area contributed by atoms with Gasteiger partial charge in [-0.2, -0.15) is 0 Å². The van der Waals surface area contributed by atoms with E-state index in [-0.39, 0.29) is 0 Å². The van der Waals surface area contributed by atoms with Crippen LogP contribution < -0.4 is 0 Å². The van der Waals surface area contributed by atoms with Crippen LogP contribution in [0.15, 0.2) is 29.1 Å². The van der Waals surface area contributed by atoms with Gasteiger partial charge >= 0.3 is 0 Å². The minimum absolute atomic E-state index is 0.337. The number of halogens is 1. The number of hydrogen-bond donors (Lipinski definition) is 1. The third kappa shape index (κ3) is 1.28. The largest absolute Gasteiger partial charge is 0.461 e. The lowest BCUT2D eigenvalue weighted by Crippen LogP contribution is -1.89. The number of H-pyrrole nitrogens is 1. The molecule has 3 aromatic rings. The maximum Gasteiger partial charge on any atom is 0.199 e. The highest BCUT2D eigenvalue weighted by Gasteiger charge is 2.10. The first-order valence-electron chi connectivity index (χ1n) is 4.25. The van der Waals surface area contributed by atoms with Gasteiger partial charge in [0.2, 0.25) is 0 Å². The maximum atomic E-state index is 5.96. The fourth-order valence-electron chi connectivity index (χ4n) is 1.31. The highest BCUT2D eigenvalue weighted by molar-refractivity contribution is 6.33. The van der Waals surface area contributed by atoms with Crippen molar-refractivity contribution in [1.82, 2.24) is 19.9 Å². The van der Waals surface area contributed by atoms with Gasteiger partial charge in [0.25, 0.3) is 0 Å². The average molecular weight is 221 g/mol. The monoisotopic (exact) mass is 220 g/mol. The lowest BCUT2D eigenvalue weighted by molar-refractivity contribution is 0.577. The first kappa shape index (κ1) is 8.43. The van der Waals surface area contributed by atoms with Crippen LogP contribution in [0.3, 0.4) is 0 Å². The van der Waals surface area contributed by atoms with E-state index >= 15 is 0 Å². The minimum Gasteiger partial charge on any atom is -0.461 e. The molecule has 0 radical (unpaired) electrons. The lowest BCUT2D eigenvalue weighted by Gasteiger charge is -1.96. The van der Waals surface area contributed by atoms with E-state index in [1.54, 1.807) is 18.4 Å². The van der Waals surface area contributed by atoms with Crippen molar-refractivity contribution in [3.05, 3.63) is 29.9 Å². The summed E-state index contributed by atoms with van der Waals surface area (Å²) in [6.45, 7) is 0. The Bertz CT molecular complexity index is 602. The van der Waals surface area contributed by atoms with Crippen molar-refractivity contribution in [2.45, 2.75) is 0 Å². The van der Waals surface area contributed by atoms with Crippen molar-refractivity contribution in [3.8, 4) is 11.6 Å². The van der Waals surface area contributed by atoms with E-state index < -0.39 is 0 Å². The first-order valence-corrected chi connectivity index (χ1v) is 4.63.